The van der Waals surface area contributed by atoms with Gasteiger partial charge in [-0.25, -0.2) is 0 Å². The van der Waals surface area contributed by atoms with E-state index in [0.29, 0.717) is 6.61 Å². The SMILES string of the molecule is [2H][C@@H](C(=O)OCC)[C@@H](C)OC. The molecule has 3 heteroatoms. The fraction of sp³-hybridized carbons (Fsp3) is 0.857. The standard InChI is InChI=1S/C7H14O3/c1-4-10-7(8)5-6(2)9-3/h6H,4-5H2,1-3H3/t6-/m1/s1/i5D/t5-,6-. The van der Waals surface area contributed by atoms with Gasteiger partial charge in [0.15, 0.2) is 0 Å². The second-order valence-electron chi connectivity index (χ2n) is 1.86. The summed E-state index contributed by atoms with van der Waals surface area (Å²) >= 11 is 0. The van der Waals surface area contributed by atoms with Gasteiger partial charge in [0.1, 0.15) is 0 Å². The quantitative estimate of drug-likeness (QED) is 0.556. The molecule has 0 rings (SSSR count). The molecule has 10 heavy (non-hydrogen) atoms. The molecule has 0 aliphatic heterocycles. The van der Waals surface area contributed by atoms with Gasteiger partial charge in [-0.15, -0.1) is 0 Å². The fourth-order valence-electron chi connectivity index (χ4n) is 0.450. The van der Waals surface area contributed by atoms with Crippen molar-refractivity contribution in [3.8, 4) is 0 Å². The number of rotatable bonds is 4. The van der Waals surface area contributed by atoms with Crippen LogP contribution in [0.2, 0.25) is 0 Å². The van der Waals surface area contributed by atoms with Crippen molar-refractivity contribution in [3.05, 3.63) is 0 Å². The first kappa shape index (κ1) is 7.54. The van der Waals surface area contributed by atoms with Crippen molar-refractivity contribution >= 4 is 5.97 Å². The summed E-state index contributed by atoms with van der Waals surface area (Å²) in [6, 6.07) is 0. The van der Waals surface area contributed by atoms with Crippen molar-refractivity contribution in [2.45, 2.75) is 26.3 Å². The number of ether oxygens (including phenoxy) is 2. The van der Waals surface area contributed by atoms with Crippen molar-refractivity contribution in [1.82, 2.24) is 0 Å². The second kappa shape index (κ2) is 5.23. The first-order chi connectivity index (χ1) is 5.13. The third-order valence-corrected chi connectivity index (χ3v) is 1.03. The molecule has 0 spiro atoms. The van der Waals surface area contributed by atoms with E-state index in [-0.39, 0.29) is 0 Å². The fourth-order valence-corrected chi connectivity index (χ4v) is 0.450. The normalized spacial score (nSPS) is 17.3. The van der Waals surface area contributed by atoms with Crippen LogP contribution in [0.5, 0.6) is 0 Å². The van der Waals surface area contributed by atoms with E-state index in [1.165, 1.54) is 7.11 Å². The Morgan fingerprint density at radius 3 is 2.80 bits per heavy atom. The van der Waals surface area contributed by atoms with Crippen LogP contribution in [0.15, 0.2) is 0 Å². The van der Waals surface area contributed by atoms with E-state index in [2.05, 4.69) is 4.74 Å². The zero-order valence-electron chi connectivity index (χ0n) is 7.59. The lowest BCUT2D eigenvalue weighted by Crippen LogP contribution is -2.14. The van der Waals surface area contributed by atoms with Crippen LogP contribution >= 0.6 is 0 Å². The predicted molar refractivity (Wildman–Crippen MR) is 37.7 cm³/mol. The van der Waals surface area contributed by atoms with Crippen LogP contribution < -0.4 is 0 Å². The molecule has 0 amide bonds. The third-order valence-electron chi connectivity index (χ3n) is 1.03. The summed E-state index contributed by atoms with van der Waals surface area (Å²) < 4.78 is 16.7. The number of hydrogen-bond donors (Lipinski definition) is 0. The van der Waals surface area contributed by atoms with Crippen molar-refractivity contribution in [2.75, 3.05) is 13.7 Å². The summed E-state index contributed by atoms with van der Waals surface area (Å²) in [4.78, 5) is 10.9. The van der Waals surface area contributed by atoms with Crippen LogP contribution in [0.3, 0.4) is 0 Å². The molecule has 0 aromatic heterocycles. The molecule has 0 heterocycles. The Labute approximate surface area is 62.7 Å². The molecule has 0 aromatic carbocycles. The summed E-state index contributed by atoms with van der Waals surface area (Å²) in [5, 5.41) is 0. The van der Waals surface area contributed by atoms with Crippen LogP contribution in [0.1, 0.15) is 21.6 Å². The maximum Gasteiger partial charge on any atom is 0.308 e. The molecule has 0 saturated heterocycles. The van der Waals surface area contributed by atoms with Gasteiger partial charge < -0.3 is 9.47 Å². The molecule has 2 atom stereocenters. The molecule has 0 radical (unpaired) electrons. The summed E-state index contributed by atoms with van der Waals surface area (Å²) in [7, 11) is 1.46. The van der Waals surface area contributed by atoms with E-state index in [9.17, 15) is 4.79 Å². The highest BCUT2D eigenvalue weighted by Crippen LogP contribution is 1.96. The number of carbonyl (C=O) groups is 1. The molecule has 0 aliphatic carbocycles. The molecule has 0 N–H and O–H groups in total. The highest BCUT2D eigenvalue weighted by atomic mass is 16.5. The summed E-state index contributed by atoms with van der Waals surface area (Å²) in [6.45, 7) is 3.68. The zero-order valence-corrected chi connectivity index (χ0v) is 6.59. The molecular weight excluding hydrogens is 132 g/mol. The van der Waals surface area contributed by atoms with Crippen molar-refractivity contribution < 1.29 is 15.6 Å². The van der Waals surface area contributed by atoms with Gasteiger partial charge >= 0.3 is 5.97 Å². The molecule has 0 aliphatic rings. The van der Waals surface area contributed by atoms with Crippen molar-refractivity contribution in [2.24, 2.45) is 0 Å². The van der Waals surface area contributed by atoms with Gasteiger partial charge in [0.25, 0.3) is 0 Å². The Bertz CT molecular complexity index is 127. The Morgan fingerprint density at radius 1 is 1.80 bits per heavy atom. The van der Waals surface area contributed by atoms with Crippen LogP contribution in [-0.2, 0) is 14.3 Å². The lowest BCUT2D eigenvalue weighted by molar-refractivity contribution is -0.145. The molecule has 60 valence electrons. The average molecular weight is 147 g/mol. The van der Waals surface area contributed by atoms with Gasteiger partial charge in [-0.1, -0.05) is 0 Å². The van der Waals surface area contributed by atoms with Gasteiger partial charge in [0.05, 0.1) is 19.1 Å². The zero-order chi connectivity index (χ0) is 8.85. The number of esters is 1. The minimum absolute atomic E-state index is 0.310. The van der Waals surface area contributed by atoms with E-state index in [1.54, 1.807) is 13.8 Å². The molecular formula is C7H14O3. The third kappa shape index (κ3) is 4.32. The largest absolute Gasteiger partial charge is 0.466 e. The van der Waals surface area contributed by atoms with Gasteiger partial charge in [0, 0.05) is 8.48 Å². The van der Waals surface area contributed by atoms with Crippen LogP contribution in [0.4, 0.5) is 0 Å². The summed E-state index contributed by atoms with van der Waals surface area (Å²) in [6.07, 6.45) is -1.34. The van der Waals surface area contributed by atoms with E-state index in [1.807, 2.05) is 0 Å². The second-order valence-corrected chi connectivity index (χ2v) is 1.86. The topological polar surface area (TPSA) is 35.5 Å². The average Bonchev–Trinajstić information content (AvgIpc) is 2.02. The molecule has 0 aromatic rings. The molecule has 0 saturated carbocycles. The van der Waals surface area contributed by atoms with Gasteiger partial charge in [-0.3, -0.25) is 4.79 Å². The van der Waals surface area contributed by atoms with E-state index < -0.39 is 18.5 Å². The minimum Gasteiger partial charge on any atom is -0.466 e. The van der Waals surface area contributed by atoms with Crippen molar-refractivity contribution in [1.29, 1.82) is 0 Å². The lowest BCUT2D eigenvalue weighted by Gasteiger charge is -2.07. The maximum absolute atomic E-state index is 10.9. The molecule has 0 bridgehead atoms. The highest BCUT2D eigenvalue weighted by Gasteiger charge is 2.07. The summed E-state index contributed by atoms with van der Waals surface area (Å²) in [5.41, 5.74) is 0. The Balaban J connectivity index is 3.80. The molecule has 3 nitrogen and oxygen atoms in total. The smallest absolute Gasteiger partial charge is 0.308 e. The Hall–Kier alpha value is -0.570. The maximum atomic E-state index is 10.9. The van der Waals surface area contributed by atoms with E-state index in [0.717, 1.165) is 0 Å². The summed E-state index contributed by atoms with van der Waals surface area (Å²) in [5.74, 6) is -0.526. The number of hydrogen-bond acceptors (Lipinski definition) is 3. The number of methoxy groups -OCH3 is 1. The van der Waals surface area contributed by atoms with Gasteiger partial charge in [0.2, 0.25) is 0 Å². The molecule has 0 unspecified atom stereocenters. The van der Waals surface area contributed by atoms with Crippen LogP contribution in [-0.4, -0.2) is 25.8 Å². The van der Waals surface area contributed by atoms with Gasteiger partial charge in [-0.05, 0) is 13.8 Å². The first-order valence-electron chi connectivity index (χ1n) is 3.82. The lowest BCUT2D eigenvalue weighted by atomic mass is 10.3. The predicted octanol–water partition coefficient (Wildman–Crippen LogP) is 0.975. The van der Waals surface area contributed by atoms with Gasteiger partial charge in [-0.2, -0.15) is 0 Å². The minimum atomic E-state index is -0.931. The Morgan fingerprint density at radius 2 is 2.40 bits per heavy atom. The Kier molecular flexibility index (Phi) is 3.94. The first-order valence-corrected chi connectivity index (χ1v) is 3.25. The van der Waals surface area contributed by atoms with E-state index >= 15 is 0 Å². The van der Waals surface area contributed by atoms with Crippen LogP contribution in [0, 0.1) is 0 Å². The number of carbonyl (C=O) groups excluding carboxylic acids is 1. The molecule has 0 fully saturated rings. The van der Waals surface area contributed by atoms with E-state index in [4.69, 9.17) is 6.11 Å². The highest BCUT2D eigenvalue weighted by molar-refractivity contribution is 5.69. The van der Waals surface area contributed by atoms with Crippen LogP contribution in [0.25, 0.3) is 0 Å². The monoisotopic (exact) mass is 147 g/mol. The van der Waals surface area contributed by atoms with Crippen molar-refractivity contribution in [3.63, 3.8) is 0 Å².